The molecule has 0 amide bonds. The Morgan fingerprint density at radius 2 is 2.09 bits per heavy atom. The quantitative estimate of drug-likeness (QED) is 0.635. The highest BCUT2D eigenvalue weighted by Crippen LogP contribution is 2.12. The van der Waals surface area contributed by atoms with Crippen molar-refractivity contribution in [3.05, 3.63) is 0 Å². The van der Waals surface area contributed by atoms with E-state index in [0.29, 0.717) is 6.54 Å². The third kappa shape index (κ3) is 2.79. The van der Waals surface area contributed by atoms with Gasteiger partial charge in [-0.25, -0.2) is 8.57 Å². The van der Waals surface area contributed by atoms with Gasteiger partial charge in [0.2, 0.25) is 0 Å². The third-order valence-electron chi connectivity index (χ3n) is 1.86. The minimum Gasteiger partial charge on any atom is -0.318 e. The zero-order valence-corrected chi connectivity index (χ0v) is 7.82. The molecule has 0 saturated carbocycles. The molecular formula is C7H16N2OS. The van der Waals surface area contributed by atoms with Crippen LogP contribution in [-0.4, -0.2) is 35.9 Å². The van der Waals surface area contributed by atoms with E-state index < -0.39 is 9.73 Å². The highest BCUT2D eigenvalue weighted by atomic mass is 32.2. The largest absolute Gasteiger partial charge is 0.318 e. The van der Waals surface area contributed by atoms with Crippen LogP contribution in [0.2, 0.25) is 0 Å². The predicted octanol–water partition coefficient (Wildman–Crippen LogP) is 0.468. The summed E-state index contributed by atoms with van der Waals surface area (Å²) in [6.07, 6.45) is 2.20. The van der Waals surface area contributed by atoms with Gasteiger partial charge in [-0.15, -0.1) is 0 Å². The van der Waals surface area contributed by atoms with E-state index in [1.165, 1.54) is 0 Å². The van der Waals surface area contributed by atoms with Gasteiger partial charge in [0.1, 0.15) is 0 Å². The van der Waals surface area contributed by atoms with Gasteiger partial charge in [-0.05, 0) is 19.9 Å². The van der Waals surface area contributed by atoms with Crippen LogP contribution in [0.5, 0.6) is 0 Å². The van der Waals surface area contributed by atoms with E-state index in [1.807, 2.05) is 7.05 Å². The molecular weight excluding hydrogens is 160 g/mol. The minimum absolute atomic E-state index is 0.704. The summed E-state index contributed by atoms with van der Waals surface area (Å²) < 4.78 is 15.9. The SMILES string of the molecule is CNCCN=S1(=O)CCCC1. The minimum atomic E-state index is -1.74. The maximum atomic E-state index is 11.7. The Morgan fingerprint density at radius 3 is 2.64 bits per heavy atom. The van der Waals surface area contributed by atoms with Crippen molar-refractivity contribution in [3.8, 4) is 0 Å². The highest BCUT2D eigenvalue weighted by Gasteiger charge is 2.14. The van der Waals surface area contributed by atoms with E-state index in [1.54, 1.807) is 0 Å². The molecule has 0 unspecified atom stereocenters. The Balaban J connectivity index is 2.43. The zero-order chi connectivity index (χ0) is 8.16. The first-order chi connectivity index (χ1) is 5.27. The van der Waals surface area contributed by atoms with Crippen LogP contribution in [0.1, 0.15) is 12.8 Å². The Morgan fingerprint density at radius 1 is 1.45 bits per heavy atom. The molecule has 1 saturated heterocycles. The molecule has 66 valence electrons. The second kappa shape index (κ2) is 4.07. The molecule has 1 N–H and O–H groups in total. The second-order valence-corrected chi connectivity index (χ2v) is 5.46. The van der Waals surface area contributed by atoms with Crippen molar-refractivity contribution >= 4 is 9.73 Å². The second-order valence-electron chi connectivity index (χ2n) is 2.84. The van der Waals surface area contributed by atoms with E-state index in [2.05, 4.69) is 9.68 Å². The fourth-order valence-corrected chi connectivity index (χ4v) is 3.41. The van der Waals surface area contributed by atoms with E-state index in [0.717, 1.165) is 30.9 Å². The van der Waals surface area contributed by atoms with Crippen molar-refractivity contribution in [1.82, 2.24) is 5.32 Å². The average molecular weight is 176 g/mol. The summed E-state index contributed by atoms with van der Waals surface area (Å²) in [6.45, 7) is 1.55. The summed E-state index contributed by atoms with van der Waals surface area (Å²) in [7, 11) is 0.145. The third-order valence-corrected chi connectivity index (χ3v) is 4.37. The topological polar surface area (TPSA) is 41.5 Å². The summed E-state index contributed by atoms with van der Waals surface area (Å²) in [6, 6.07) is 0. The fraction of sp³-hybridized carbons (Fsp3) is 1.00. The Kier molecular flexibility index (Phi) is 3.33. The summed E-state index contributed by atoms with van der Waals surface area (Å²) in [5.41, 5.74) is 0. The first-order valence-corrected chi connectivity index (χ1v) is 5.95. The van der Waals surface area contributed by atoms with Crippen LogP contribution in [0.3, 0.4) is 0 Å². The average Bonchev–Trinajstić information content (AvgIpc) is 2.38. The predicted molar refractivity (Wildman–Crippen MR) is 48.3 cm³/mol. The van der Waals surface area contributed by atoms with Gasteiger partial charge in [0.15, 0.2) is 0 Å². The first kappa shape index (κ1) is 9.00. The molecule has 11 heavy (non-hydrogen) atoms. The van der Waals surface area contributed by atoms with Gasteiger partial charge in [0.05, 0.1) is 6.54 Å². The van der Waals surface area contributed by atoms with Crippen LogP contribution >= 0.6 is 0 Å². The Bertz CT molecular complexity index is 206. The number of nitrogens with one attached hydrogen (secondary N) is 1. The molecule has 0 radical (unpaired) electrons. The molecule has 0 bridgehead atoms. The summed E-state index contributed by atoms with van der Waals surface area (Å²) in [5, 5.41) is 2.99. The Hall–Kier alpha value is -0.0900. The number of nitrogens with zero attached hydrogens (tertiary/aromatic N) is 1. The van der Waals surface area contributed by atoms with Crippen LogP contribution in [0, 0.1) is 0 Å². The fourth-order valence-electron chi connectivity index (χ4n) is 1.21. The molecule has 3 nitrogen and oxygen atoms in total. The maximum Gasteiger partial charge on any atom is 0.0608 e. The standard InChI is InChI=1S/C7H16N2OS/c1-8-4-5-9-11(10)6-2-3-7-11/h8H,2-7H2,1H3. The summed E-state index contributed by atoms with van der Waals surface area (Å²) in [5.74, 6) is 1.66. The van der Waals surface area contributed by atoms with Gasteiger partial charge in [-0.3, -0.25) is 0 Å². The lowest BCUT2D eigenvalue weighted by Gasteiger charge is -1.99. The molecule has 0 spiro atoms. The van der Waals surface area contributed by atoms with Gasteiger partial charge in [0.25, 0.3) is 0 Å². The Labute approximate surface area is 68.8 Å². The van der Waals surface area contributed by atoms with Crippen LogP contribution < -0.4 is 5.32 Å². The van der Waals surface area contributed by atoms with Crippen molar-refractivity contribution in [1.29, 1.82) is 0 Å². The maximum absolute atomic E-state index is 11.7. The number of hydrogen-bond acceptors (Lipinski definition) is 3. The molecule has 1 aliphatic rings. The van der Waals surface area contributed by atoms with E-state index in [4.69, 9.17) is 0 Å². The van der Waals surface area contributed by atoms with Crippen molar-refractivity contribution in [3.63, 3.8) is 0 Å². The van der Waals surface area contributed by atoms with E-state index >= 15 is 0 Å². The van der Waals surface area contributed by atoms with Crippen molar-refractivity contribution < 1.29 is 4.21 Å². The summed E-state index contributed by atoms with van der Waals surface area (Å²) >= 11 is 0. The number of likely N-dealkylation sites (N-methyl/N-ethyl adjacent to an activating group) is 1. The van der Waals surface area contributed by atoms with Crippen LogP contribution in [-0.2, 0) is 9.73 Å². The van der Waals surface area contributed by atoms with E-state index in [9.17, 15) is 4.21 Å². The molecule has 0 aromatic heterocycles. The van der Waals surface area contributed by atoms with Gasteiger partial charge in [-0.2, -0.15) is 0 Å². The summed E-state index contributed by atoms with van der Waals surface area (Å²) in [4.78, 5) is 0. The monoisotopic (exact) mass is 176 g/mol. The molecule has 0 aliphatic carbocycles. The first-order valence-electron chi connectivity index (χ1n) is 4.10. The smallest absolute Gasteiger partial charge is 0.0608 e. The normalized spacial score (nSPS) is 21.9. The van der Waals surface area contributed by atoms with E-state index in [-0.39, 0.29) is 0 Å². The van der Waals surface area contributed by atoms with Crippen LogP contribution in [0.4, 0.5) is 0 Å². The lowest BCUT2D eigenvalue weighted by Crippen LogP contribution is -2.12. The van der Waals surface area contributed by atoms with Crippen LogP contribution in [0.15, 0.2) is 4.36 Å². The molecule has 1 aliphatic heterocycles. The number of hydrogen-bond donors (Lipinski definition) is 1. The van der Waals surface area contributed by atoms with Gasteiger partial charge < -0.3 is 5.32 Å². The van der Waals surface area contributed by atoms with Crippen molar-refractivity contribution in [2.24, 2.45) is 4.36 Å². The lowest BCUT2D eigenvalue weighted by atomic mass is 10.4. The van der Waals surface area contributed by atoms with Crippen molar-refractivity contribution in [2.45, 2.75) is 12.8 Å². The van der Waals surface area contributed by atoms with Gasteiger partial charge in [-0.1, -0.05) is 0 Å². The lowest BCUT2D eigenvalue weighted by molar-refractivity contribution is 0.677. The molecule has 0 aromatic carbocycles. The highest BCUT2D eigenvalue weighted by molar-refractivity contribution is 7.93. The molecule has 0 atom stereocenters. The molecule has 1 rings (SSSR count). The van der Waals surface area contributed by atoms with Crippen LogP contribution in [0.25, 0.3) is 0 Å². The molecule has 1 fully saturated rings. The molecule has 1 heterocycles. The molecule has 4 heteroatoms. The zero-order valence-electron chi connectivity index (χ0n) is 7.01. The van der Waals surface area contributed by atoms with Crippen molar-refractivity contribution in [2.75, 3.05) is 31.6 Å². The number of rotatable bonds is 3. The molecule has 0 aromatic rings. The van der Waals surface area contributed by atoms with Gasteiger partial charge in [0, 0.05) is 27.8 Å². The van der Waals surface area contributed by atoms with Gasteiger partial charge >= 0.3 is 0 Å².